The highest BCUT2D eigenvalue weighted by Gasteiger charge is 2.15. The van der Waals surface area contributed by atoms with Crippen molar-refractivity contribution in [2.45, 2.75) is 13.5 Å². The Labute approximate surface area is 174 Å². The minimum absolute atomic E-state index is 0.123. The molecule has 1 amide bonds. The summed E-state index contributed by atoms with van der Waals surface area (Å²) in [6, 6.07) is 8.74. The number of hydrogen-bond acceptors (Lipinski definition) is 7. The van der Waals surface area contributed by atoms with Crippen molar-refractivity contribution >= 4 is 34.6 Å². The van der Waals surface area contributed by atoms with Crippen molar-refractivity contribution in [1.29, 1.82) is 0 Å². The predicted molar refractivity (Wildman–Crippen MR) is 107 cm³/mol. The van der Waals surface area contributed by atoms with E-state index in [1.165, 1.54) is 18.2 Å². The molecule has 3 aromatic rings. The molecule has 0 aliphatic carbocycles. The van der Waals surface area contributed by atoms with Crippen molar-refractivity contribution in [1.82, 2.24) is 9.78 Å². The van der Waals surface area contributed by atoms with Crippen LogP contribution in [-0.2, 0) is 11.3 Å². The van der Waals surface area contributed by atoms with Crippen LogP contribution in [0.25, 0.3) is 0 Å². The number of benzene rings is 2. The maximum Gasteiger partial charge on any atom is 0.307 e. The molecule has 0 aliphatic rings. The first-order valence-electron chi connectivity index (χ1n) is 8.41. The van der Waals surface area contributed by atoms with Crippen molar-refractivity contribution in [3.63, 3.8) is 0 Å². The van der Waals surface area contributed by atoms with Gasteiger partial charge in [-0.3, -0.25) is 29.7 Å². The zero-order chi connectivity index (χ0) is 21.8. The van der Waals surface area contributed by atoms with Gasteiger partial charge in [-0.1, -0.05) is 11.6 Å². The maximum absolute atomic E-state index is 12.2. The number of hydrogen-bond donors (Lipinski definition) is 1. The second kappa shape index (κ2) is 8.57. The SMILES string of the molecule is Cc1cc(Cl)ccc1Oc1cc(NC(=O)Cn2cc([N+](=O)[O-])cn2)cc([N+](=O)[O-])c1. The number of ether oxygens (including phenoxy) is 1. The first-order valence-corrected chi connectivity index (χ1v) is 8.79. The molecule has 0 bridgehead atoms. The number of carbonyl (C=O) groups is 1. The molecule has 0 spiro atoms. The number of nitro benzene ring substituents is 1. The molecule has 0 unspecified atom stereocenters. The summed E-state index contributed by atoms with van der Waals surface area (Å²) in [4.78, 5) is 32.9. The number of rotatable bonds is 7. The van der Waals surface area contributed by atoms with Crippen LogP contribution in [0.5, 0.6) is 11.5 Å². The number of halogens is 1. The quantitative estimate of drug-likeness (QED) is 0.438. The molecule has 0 fully saturated rings. The number of aromatic nitrogens is 2. The van der Waals surface area contributed by atoms with Gasteiger partial charge in [-0.25, -0.2) is 0 Å². The number of aryl methyl sites for hydroxylation is 1. The largest absolute Gasteiger partial charge is 0.457 e. The van der Waals surface area contributed by atoms with Crippen molar-refractivity contribution in [2.24, 2.45) is 0 Å². The third kappa shape index (κ3) is 5.08. The van der Waals surface area contributed by atoms with Crippen LogP contribution >= 0.6 is 11.6 Å². The summed E-state index contributed by atoms with van der Waals surface area (Å²) in [5.74, 6) is 0.00259. The molecule has 3 rings (SSSR count). The molecule has 1 N–H and O–H groups in total. The van der Waals surface area contributed by atoms with Gasteiger partial charge < -0.3 is 10.1 Å². The Morgan fingerprint density at radius 2 is 1.90 bits per heavy atom. The van der Waals surface area contributed by atoms with Gasteiger partial charge in [0.05, 0.1) is 21.6 Å². The van der Waals surface area contributed by atoms with E-state index in [-0.39, 0.29) is 29.4 Å². The molecule has 0 saturated carbocycles. The van der Waals surface area contributed by atoms with Crippen LogP contribution in [0.1, 0.15) is 5.56 Å². The van der Waals surface area contributed by atoms with Gasteiger partial charge in [0.25, 0.3) is 5.69 Å². The Kier molecular flexibility index (Phi) is 5.93. The average Bonchev–Trinajstić information content (AvgIpc) is 3.12. The number of nitrogens with zero attached hydrogens (tertiary/aromatic N) is 4. The first kappa shape index (κ1) is 20.7. The fraction of sp³-hybridized carbons (Fsp3) is 0.111. The second-order valence-corrected chi connectivity index (χ2v) is 6.62. The standard InChI is InChI=1S/C18H14ClN5O6/c1-11-4-12(19)2-3-17(11)30-16-6-13(5-14(7-16)23(26)27)21-18(25)10-22-9-15(8-20-22)24(28)29/h2-9H,10H2,1H3,(H,21,25). The Morgan fingerprint density at radius 3 is 2.53 bits per heavy atom. The lowest BCUT2D eigenvalue weighted by atomic mass is 10.2. The topological polar surface area (TPSA) is 142 Å². The molecule has 0 atom stereocenters. The number of non-ortho nitro benzene ring substituents is 1. The number of carbonyl (C=O) groups excluding carboxylic acids is 1. The summed E-state index contributed by atoms with van der Waals surface area (Å²) < 4.78 is 6.80. The smallest absolute Gasteiger partial charge is 0.307 e. The van der Waals surface area contributed by atoms with Crippen molar-refractivity contribution in [3.05, 3.63) is 79.6 Å². The zero-order valence-corrected chi connectivity index (χ0v) is 16.2. The van der Waals surface area contributed by atoms with E-state index in [1.54, 1.807) is 25.1 Å². The molecule has 30 heavy (non-hydrogen) atoms. The Hall–Kier alpha value is -3.99. The van der Waals surface area contributed by atoms with Gasteiger partial charge in [0, 0.05) is 17.2 Å². The molecule has 2 aromatic carbocycles. The minimum atomic E-state index is -0.635. The summed E-state index contributed by atoms with van der Waals surface area (Å²) in [5, 5.41) is 28.7. The summed E-state index contributed by atoms with van der Waals surface area (Å²) in [6.07, 6.45) is 2.12. The highest BCUT2D eigenvalue weighted by molar-refractivity contribution is 6.30. The molecule has 154 valence electrons. The van der Waals surface area contributed by atoms with Crippen LogP contribution in [0, 0.1) is 27.2 Å². The number of nitrogens with one attached hydrogen (secondary N) is 1. The molecular weight excluding hydrogens is 418 g/mol. The van der Waals surface area contributed by atoms with E-state index in [2.05, 4.69) is 10.4 Å². The summed E-state index contributed by atoms with van der Waals surface area (Å²) >= 11 is 5.92. The normalized spacial score (nSPS) is 10.5. The lowest BCUT2D eigenvalue weighted by Crippen LogP contribution is -2.19. The van der Waals surface area contributed by atoms with E-state index in [0.29, 0.717) is 10.8 Å². The van der Waals surface area contributed by atoms with Crippen LogP contribution in [0.2, 0.25) is 5.02 Å². The third-order valence-electron chi connectivity index (χ3n) is 3.89. The van der Waals surface area contributed by atoms with E-state index in [0.717, 1.165) is 22.6 Å². The second-order valence-electron chi connectivity index (χ2n) is 6.19. The van der Waals surface area contributed by atoms with Gasteiger partial charge in [-0.15, -0.1) is 0 Å². The van der Waals surface area contributed by atoms with Crippen LogP contribution in [-0.4, -0.2) is 25.5 Å². The molecule has 0 radical (unpaired) electrons. The lowest BCUT2D eigenvalue weighted by molar-refractivity contribution is -0.385. The first-order chi connectivity index (χ1) is 14.2. The average molecular weight is 432 g/mol. The van der Waals surface area contributed by atoms with E-state index < -0.39 is 15.8 Å². The van der Waals surface area contributed by atoms with Gasteiger partial charge >= 0.3 is 5.69 Å². The summed E-state index contributed by atoms with van der Waals surface area (Å²) in [5.41, 5.74) is 0.300. The molecule has 1 aromatic heterocycles. The monoisotopic (exact) mass is 431 g/mol. The third-order valence-corrected chi connectivity index (χ3v) is 4.12. The van der Waals surface area contributed by atoms with Crippen LogP contribution in [0.15, 0.2) is 48.8 Å². The zero-order valence-electron chi connectivity index (χ0n) is 15.4. The van der Waals surface area contributed by atoms with E-state index >= 15 is 0 Å². The number of anilines is 1. The van der Waals surface area contributed by atoms with E-state index in [1.807, 2.05) is 0 Å². The molecule has 12 heteroatoms. The summed E-state index contributed by atoms with van der Waals surface area (Å²) in [6.45, 7) is 1.45. The highest BCUT2D eigenvalue weighted by atomic mass is 35.5. The predicted octanol–water partition coefficient (Wildman–Crippen LogP) is 4.09. The van der Waals surface area contributed by atoms with Gasteiger partial charge in [0.2, 0.25) is 5.91 Å². The molecule has 0 saturated heterocycles. The number of amides is 1. The maximum atomic E-state index is 12.2. The number of nitro groups is 2. The van der Waals surface area contributed by atoms with Gasteiger partial charge in [0.15, 0.2) is 0 Å². The Balaban J connectivity index is 1.80. The van der Waals surface area contributed by atoms with Crippen molar-refractivity contribution in [2.75, 3.05) is 5.32 Å². The fourth-order valence-electron chi connectivity index (χ4n) is 2.56. The van der Waals surface area contributed by atoms with Crippen LogP contribution in [0.4, 0.5) is 17.1 Å². The van der Waals surface area contributed by atoms with Gasteiger partial charge in [0.1, 0.15) is 30.4 Å². The van der Waals surface area contributed by atoms with E-state index in [4.69, 9.17) is 16.3 Å². The Bertz CT molecular complexity index is 1150. The van der Waals surface area contributed by atoms with Crippen molar-refractivity contribution in [3.8, 4) is 11.5 Å². The summed E-state index contributed by atoms with van der Waals surface area (Å²) in [7, 11) is 0. The van der Waals surface area contributed by atoms with Gasteiger partial charge in [-0.2, -0.15) is 5.10 Å². The molecule has 11 nitrogen and oxygen atoms in total. The Morgan fingerprint density at radius 1 is 1.17 bits per heavy atom. The molecule has 1 heterocycles. The van der Waals surface area contributed by atoms with E-state index in [9.17, 15) is 25.0 Å². The highest BCUT2D eigenvalue weighted by Crippen LogP contribution is 2.32. The molecular formula is C18H14ClN5O6. The van der Waals surface area contributed by atoms with Gasteiger partial charge in [-0.05, 0) is 30.7 Å². The van der Waals surface area contributed by atoms with Crippen LogP contribution in [0.3, 0.4) is 0 Å². The van der Waals surface area contributed by atoms with Crippen molar-refractivity contribution < 1.29 is 19.4 Å². The fourth-order valence-corrected chi connectivity index (χ4v) is 2.78. The lowest BCUT2D eigenvalue weighted by Gasteiger charge is -2.11. The molecule has 0 aliphatic heterocycles. The van der Waals surface area contributed by atoms with Crippen LogP contribution < -0.4 is 10.1 Å². The minimum Gasteiger partial charge on any atom is -0.457 e.